The van der Waals surface area contributed by atoms with Crippen LogP contribution in [0, 0.1) is 0 Å². The van der Waals surface area contributed by atoms with Crippen molar-refractivity contribution >= 4 is 0 Å². The summed E-state index contributed by atoms with van der Waals surface area (Å²) in [5.74, 6) is 0. The molecule has 0 amide bonds. The van der Waals surface area contributed by atoms with Crippen LogP contribution in [-0.2, 0) is 10.8 Å². The van der Waals surface area contributed by atoms with E-state index in [9.17, 15) is 0 Å². The highest BCUT2D eigenvalue weighted by molar-refractivity contribution is 5.92. The summed E-state index contributed by atoms with van der Waals surface area (Å²) in [6.45, 7) is 4.80. The summed E-state index contributed by atoms with van der Waals surface area (Å²) in [5.41, 5.74) is 21.9. The monoisotopic (exact) mass is 732 g/mol. The van der Waals surface area contributed by atoms with Crippen molar-refractivity contribution in [1.29, 1.82) is 0 Å². The molecule has 274 valence electrons. The quantitative estimate of drug-likeness (QED) is 0.176. The second-order valence-electron chi connectivity index (χ2n) is 16.8. The lowest BCUT2D eigenvalue weighted by molar-refractivity contribution is 0.353. The molecule has 0 N–H and O–H groups in total. The smallest absolute Gasteiger partial charge is 0.0973 e. The van der Waals surface area contributed by atoms with E-state index in [1.54, 1.807) is 5.56 Å². The first-order valence-corrected chi connectivity index (χ1v) is 20.6. The number of nitrogens with zero attached hydrogens (tertiary/aromatic N) is 2. The first kappa shape index (κ1) is 33.9. The van der Waals surface area contributed by atoms with Crippen molar-refractivity contribution in [2.24, 2.45) is 0 Å². The number of fused-ring (bicyclic) bond motifs is 8. The van der Waals surface area contributed by atoms with Crippen LogP contribution in [0.3, 0.4) is 0 Å². The molecule has 3 aliphatic carbocycles. The fourth-order valence-corrected chi connectivity index (χ4v) is 10.4. The van der Waals surface area contributed by atoms with Gasteiger partial charge in [0.15, 0.2) is 0 Å². The highest BCUT2D eigenvalue weighted by Gasteiger charge is 2.46. The zero-order valence-electron chi connectivity index (χ0n) is 32.6. The van der Waals surface area contributed by atoms with Gasteiger partial charge in [0, 0.05) is 33.1 Å². The van der Waals surface area contributed by atoms with Crippen LogP contribution in [-0.4, -0.2) is 9.97 Å². The average Bonchev–Trinajstić information content (AvgIpc) is 3.66. The Morgan fingerprint density at radius 3 is 1.42 bits per heavy atom. The zero-order chi connectivity index (χ0) is 38.1. The van der Waals surface area contributed by atoms with Gasteiger partial charge in [-0.2, -0.15) is 0 Å². The molecule has 0 saturated heterocycles. The standard InChI is InChI=1S/C55H44N2/c1-54(2)46-27-14-13-26-42(46)44-35-49-45(34-47(44)54)43-29-28-40(33-48(43)55(49)30-15-6-16-31-55)39-24-17-25-41(32-39)53-52(38-22-11-5-12-23-38)56-50(36-18-7-3-8-19-36)51(57-53)37-20-9-4-10-21-37/h3-5,7-14,17-29,32-35H,6,15-16,30-31H2,1-2H3. The van der Waals surface area contributed by atoms with Crippen LogP contribution >= 0.6 is 0 Å². The van der Waals surface area contributed by atoms with E-state index in [1.807, 2.05) is 0 Å². The molecule has 1 heterocycles. The number of rotatable bonds is 5. The summed E-state index contributed by atoms with van der Waals surface area (Å²) in [7, 11) is 0. The first-order chi connectivity index (χ1) is 28.0. The summed E-state index contributed by atoms with van der Waals surface area (Å²) < 4.78 is 0. The predicted molar refractivity (Wildman–Crippen MR) is 236 cm³/mol. The van der Waals surface area contributed by atoms with E-state index < -0.39 is 0 Å². The first-order valence-electron chi connectivity index (χ1n) is 20.6. The van der Waals surface area contributed by atoms with Crippen molar-refractivity contribution in [2.45, 2.75) is 56.8 Å². The maximum atomic E-state index is 5.55. The molecule has 57 heavy (non-hydrogen) atoms. The lowest BCUT2D eigenvalue weighted by Crippen LogP contribution is -2.28. The Bertz CT molecular complexity index is 2830. The van der Waals surface area contributed by atoms with Gasteiger partial charge in [-0.25, -0.2) is 9.97 Å². The molecule has 2 heteroatoms. The second-order valence-corrected chi connectivity index (χ2v) is 16.8. The van der Waals surface area contributed by atoms with E-state index >= 15 is 0 Å². The molecule has 11 rings (SSSR count). The van der Waals surface area contributed by atoms with Crippen molar-refractivity contribution in [3.8, 4) is 78.4 Å². The Morgan fingerprint density at radius 2 is 0.789 bits per heavy atom. The van der Waals surface area contributed by atoms with Gasteiger partial charge in [-0.1, -0.05) is 179 Å². The minimum atomic E-state index is -0.0228. The van der Waals surface area contributed by atoms with Gasteiger partial charge in [-0.15, -0.1) is 0 Å². The van der Waals surface area contributed by atoms with Gasteiger partial charge in [-0.05, 0) is 92.7 Å². The van der Waals surface area contributed by atoms with Crippen molar-refractivity contribution in [3.05, 3.63) is 192 Å². The van der Waals surface area contributed by atoms with E-state index in [0.29, 0.717) is 0 Å². The molecule has 3 aliphatic rings. The number of hydrogen-bond acceptors (Lipinski definition) is 2. The molecular weight excluding hydrogens is 689 g/mol. The van der Waals surface area contributed by atoms with Gasteiger partial charge in [0.2, 0.25) is 0 Å². The average molecular weight is 733 g/mol. The molecule has 8 aromatic rings. The summed E-state index contributed by atoms with van der Waals surface area (Å²) in [4.78, 5) is 11.0. The van der Waals surface area contributed by atoms with Crippen LogP contribution in [0.1, 0.15) is 68.2 Å². The van der Waals surface area contributed by atoms with Gasteiger partial charge in [-0.3, -0.25) is 0 Å². The molecule has 0 bridgehead atoms. The van der Waals surface area contributed by atoms with Gasteiger partial charge < -0.3 is 0 Å². The van der Waals surface area contributed by atoms with Gasteiger partial charge in [0.1, 0.15) is 0 Å². The number of benzene rings is 7. The minimum absolute atomic E-state index is 0.0228. The summed E-state index contributed by atoms with van der Waals surface area (Å²) in [6, 6.07) is 62.0. The van der Waals surface area contributed by atoms with Crippen LogP contribution in [0.5, 0.6) is 0 Å². The normalized spacial score (nSPS) is 15.5. The van der Waals surface area contributed by atoms with Crippen LogP contribution in [0.15, 0.2) is 170 Å². The van der Waals surface area contributed by atoms with Crippen molar-refractivity contribution in [3.63, 3.8) is 0 Å². The third kappa shape index (κ3) is 5.31. The molecule has 1 fully saturated rings. The van der Waals surface area contributed by atoms with E-state index in [4.69, 9.17) is 9.97 Å². The van der Waals surface area contributed by atoms with Crippen molar-refractivity contribution < 1.29 is 0 Å². The van der Waals surface area contributed by atoms with E-state index in [2.05, 4.69) is 184 Å². The summed E-state index contributed by atoms with van der Waals surface area (Å²) in [5, 5.41) is 0. The predicted octanol–water partition coefficient (Wildman–Crippen LogP) is 14.3. The Hall–Kier alpha value is -6.38. The van der Waals surface area contributed by atoms with Crippen LogP contribution < -0.4 is 0 Å². The summed E-state index contributed by atoms with van der Waals surface area (Å²) in [6.07, 6.45) is 6.25. The molecule has 1 saturated carbocycles. The highest BCUT2D eigenvalue weighted by atomic mass is 14.9. The molecule has 0 radical (unpaired) electrons. The lowest BCUT2D eigenvalue weighted by atomic mass is 9.67. The fraction of sp³-hybridized carbons (Fsp3) is 0.164. The summed E-state index contributed by atoms with van der Waals surface area (Å²) >= 11 is 0. The van der Waals surface area contributed by atoms with Gasteiger partial charge in [0.05, 0.1) is 22.8 Å². The topological polar surface area (TPSA) is 25.8 Å². The highest BCUT2D eigenvalue weighted by Crippen LogP contribution is 2.60. The molecule has 1 spiro atoms. The molecule has 7 aromatic carbocycles. The fourth-order valence-electron chi connectivity index (χ4n) is 10.4. The zero-order valence-corrected chi connectivity index (χ0v) is 32.6. The maximum Gasteiger partial charge on any atom is 0.0973 e. The molecule has 0 unspecified atom stereocenters. The Balaban J connectivity index is 1.07. The van der Waals surface area contributed by atoms with E-state index in [0.717, 1.165) is 45.0 Å². The Labute approximate surface area is 336 Å². The minimum Gasteiger partial charge on any atom is -0.243 e. The molecule has 0 atom stereocenters. The molecule has 1 aromatic heterocycles. The Kier molecular flexibility index (Phi) is 7.80. The maximum absolute atomic E-state index is 5.55. The van der Waals surface area contributed by atoms with Crippen molar-refractivity contribution in [1.82, 2.24) is 9.97 Å². The lowest BCUT2D eigenvalue weighted by Gasteiger charge is -2.36. The SMILES string of the molecule is CC1(C)c2ccccc2-c2cc3c(cc21)-c1ccc(-c2cccc(-c4nc(-c5ccccc5)c(-c5ccccc5)nc4-c4ccccc4)c2)cc1C31CCCCC1. The van der Waals surface area contributed by atoms with Gasteiger partial charge >= 0.3 is 0 Å². The van der Waals surface area contributed by atoms with E-state index in [-0.39, 0.29) is 10.8 Å². The molecule has 0 aliphatic heterocycles. The molecule has 2 nitrogen and oxygen atoms in total. The number of hydrogen-bond donors (Lipinski definition) is 0. The Morgan fingerprint density at radius 1 is 0.333 bits per heavy atom. The second kappa shape index (κ2) is 13.1. The van der Waals surface area contributed by atoms with Gasteiger partial charge in [0.25, 0.3) is 0 Å². The van der Waals surface area contributed by atoms with E-state index in [1.165, 1.54) is 82.2 Å². The van der Waals surface area contributed by atoms with Crippen LogP contribution in [0.25, 0.3) is 78.4 Å². The third-order valence-electron chi connectivity index (χ3n) is 13.3. The largest absolute Gasteiger partial charge is 0.243 e. The number of aromatic nitrogens is 2. The van der Waals surface area contributed by atoms with Crippen LogP contribution in [0.2, 0.25) is 0 Å². The van der Waals surface area contributed by atoms with Crippen LogP contribution in [0.4, 0.5) is 0 Å². The molecular formula is C55H44N2. The third-order valence-corrected chi connectivity index (χ3v) is 13.3. The van der Waals surface area contributed by atoms with Crippen molar-refractivity contribution in [2.75, 3.05) is 0 Å².